The van der Waals surface area contributed by atoms with Crippen LogP contribution < -0.4 is 20.4 Å². The topological polar surface area (TPSA) is 90.5 Å². The number of nitrogens with zero attached hydrogens (tertiary/aromatic N) is 4. The Balaban J connectivity index is 1.24. The van der Waals surface area contributed by atoms with Gasteiger partial charge in [0.1, 0.15) is 11.6 Å². The monoisotopic (exact) mass is 470 g/mol. The zero-order valence-corrected chi connectivity index (χ0v) is 19.7. The van der Waals surface area contributed by atoms with Crippen molar-refractivity contribution in [3.8, 4) is 0 Å². The molecular formula is C27H30N6O2. The van der Waals surface area contributed by atoms with Crippen LogP contribution in [0.2, 0.25) is 0 Å². The molecule has 2 fully saturated rings. The number of benzene rings is 1. The van der Waals surface area contributed by atoms with Crippen molar-refractivity contribution in [2.45, 2.75) is 32.2 Å². The second kappa shape index (κ2) is 10.5. The molecule has 0 atom stereocenters. The van der Waals surface area contributed by atoms with E-state index in [9.17, 15) is 9.59 Å². The second-order valence-corrected chi connectivity index (χ2v) is 8.97. The summed E-state index contributed by atoms with van der Waals surface area (Å²) in [6, 6.07) is 14.7. The van der Waals surface area contributed by atoms with Gasteiger partial charge in [-0.05, 0) is 67.6 Å². The van der Waals surface area contributed by atoms with Gasteiger partial charge in [-0.15, -0.1) is 0 Å². The number of aromatic nitrogens is 2. The summed E-state index contributed by atoms with van der Waals surface area (Å²) < 4.78 is 0. The molecule has 2 aromatic heterocycles. The number of rotatable bonds is 7. The minimum atomic E-state index is -0.188. The molecular weight excluding hydrogens is 440 g/mol. The Morgan fingerprint density at radius 3 is 1.91 bits per heavy atom. The number of carbonyl (C=O) groups is 2. The quantitative estimate of drug-likeness (QED) is 0.545. The summed E-state index contributed by atoms with van der Waals surface area (Å²) in [5.41, 5.74) is 2.73. The first-order valence-corrected chi connectivity index (χ1v) is 12.3. The van der Waals surface area contributed by atoms with E-state index >= 15 is 0 Å². The molecule has 0 unspecified atom stereocenters. The van der Waals surface area contributed by atoms with Crippen molar-refractivity contribution in [2.75, 3.05) is 41.3 Å². The lowest BCUT2D eigenvalue weighted by atomic mass is 10.1. The summed E-state index contributed by atoms with van der Waals surface area (Å²) in [6.45, 7) is 4.04. The van der Waals surface area contributed by atoms with Gasteiger partial charge in [-0.3, -0.25) is 9.59 Å². The number of pyridine rings is 2. The van der Waals surface area contributed by atoms with Crippen LogP contribution in [0.25, 0.3) is 0 Å². The predicted molar refractivity (Wildman–Crippen MR) is 137 cm³/mol. The Morgan fingerprint density at radius 1 is 0.743 bits per heavy atom. The number of hydrogen-bond donors (Lipinski definition) is 2. The molecule has 2 N–H and O–H groups in total. The first kappa shape index (κ1) is 22.8. The minimum absolute atomic E-state index is 0.153. The highest BCUT2D eigenvalue weighted by atomic mass is 16.2. The molecule has 0 radical (unpaired) electrons. The third-order valence-electron chi connectivity index (χ3n) is 6.51. The number of anilines is 3. The predicted octanol–water partition coefficient (Wildman–Crippen LogP) is 3.86. The van der Waals surface area contributed by atoms with Crippen LogP contribution in [0.3, 0.4) is 0 Å². The van der Waals surface area contributed by atoms with Gasteiger partial charge < -0.3 is 20.4 Å². The molecule has 0 aliphatic carbocycles. The van der Waals surface area contributed by atoms with Gasteiger partial charge in [0, 0.05) is 50.8 Å². The molecule has 2 aliphatic rings. The summed E-state index contributed by atoms with van der Waals surface area (Å²) in [7, 11) is 0. The van der Waals surface area contributed by atoms with Crippen LogP contribution in [-0.2, 0) is 6.54 Å². The van der Waals surface area contributed by atoms with E-state index in [0.29, 0.717) is 23.4 Å². The average molecular weight is 471 g/mol. The molecule has 3 aromatic rings. The third kappa shape index (κ3) is 5.26. The van der Waals surface area contributed by atoms with Crippen molar-refractivity contribution in [2.24, 2.45) is 0 Å². The summed E-state index contributed by atoms with van der Waals surface area (Å²) >= 11 is 0. The maximum absolute atomic E-state index is 13.1. The lowest BCUT2D eigenvalue weighted by molar-refractivity contribution is 0.0950. The van der Waals surface area contributed by atoms with E-state index in [1.54, 1.807) is 24.5 Å². The maximum Gasteiger partial charge on any atom is 0.259 e. The molecule has 35 heavy (non-hydrogen) atoms. The van der Waals surface area contributed by atoms with Crippen LogP contribution in [0.1, 0.15) is 52.0 Å². The summed E-state index contributed by atoms with van der Waals surface area (Å²) in [5.74, 6) is 1.14. The molecule has 8 nitrogen and oxygen atoms in total. The highest BCUT2D eigenvalue weighted by molar-refractivity contribution is 6.07. The fourth-order valence-electron chi connectivity index (χ4n) is 4.75. The fourth-order valence-corrected chi connectivity index (χ4v) is 4.75. The van der Waals surface area contributed by atoms with Gasteiger partial charge in [0.2, 0.25) is 0 Å². The Hall–Kier alpha value is -3.94. The zero-order chi connectivity index (χ0) is 24.0. The van der Waals surface area contributed by atoms with Gasteiger partial charge in [-0.1, -0.05) is 12.1 Å². The SMILES string of the molecule is O=C(NCc1cccc(NC(=O)c2cccnc2N2CCCC2)c1)c1cccnc1N1CCCC1. The van der Waals surface area contributed by atoms with Gasteiger partial charge in [-0.25, -0.2) is 9.97 Å². The van der Waals surface area contributed by atoms with Crippen molar-refractivity contribution >= 4 is 29.1 Å². The van der Waals surface area contributed by atoms with E-state index in [1.807, 2.05) is 36.4 Å². The molecule has 0 saturated carbocycles. The van der Waals surface area contributed by atoms with Crippen LogP contribution in [-0.4, -0.2) is 48.0 Å². The van der Waals surface area contributed by atoms with Gasteiger partial charge in [0.05, 0.1) is 11.1 Å². The molecule has 2 amide bonds. The molecule has 8 heteroatoms. The van der Waals surface area contributed by atoms with Gasteiger partial charge in [0.15, 0.2) is 0 Å². The van der Waals surface area contributed by atoms with Crippen LogP contribution >= 0.6 is 0 Å². The normalized spacial score (nSPS) is 15.3. The molecule has 5 rings (SSSR count). The van der Waals surface area contributed by atoms with E-state index < -0.39 is 0 Å². The molecule has 2 saturated heterocycles. The number of carbonyl (C=O) groups excluding carboxylic acids is 2. The van der Waals surface area contributed by atoms with Crippen molar-refractivity contribution in [3.63, 3.8) is 0 Å². The van der Waals surface area contributed by atoms with Crippen LogP contribution in [0.15, 0.2) is 60.9 Å². The summed E-state index contributed by atoms with van der Waals surface area (Å²) in [6.07, 6.45) is 7.93. The first-order chi connectivity index (χ1) is 17.2. The van der Waals surface area contributed by atoms with Crippen LogP contribution in [0.5, 0.6) is 0 Å². The summed E-state index contributed by atoms with van der Waals surface area (Å²) in [5, 5.41) is 6.00. The van der Waals surface area contributed by atoms with Gasteiger partial charge in [-0.2, -0.15) is 0 Å². The second-order valence-electron chi connectivity index (χ2n) is 8.97. The van der Waals surface area contributed by atoms with E-state index in [4.69, 9.17) is 0 Å². The smallest absolute Gasteiger partial charge is 0.259 e. The van der Waals surface area contributed by atoms with E-state index in [0.717, 1.165) is 69.1 Å². The van der Waals surface area contributed by atoms with Crippen molar-refractivity contribution in [3.05, 3.63) is 77.6 Å². The molecule has 0 spiro atoms. The number of amides is 2. The van der Waals surface area contributed by atoms with E-state index in [2.05, 4.69) is 30.4 Å². The fraction of sp³-hybridized carbons (Fsp3) is 0.333. The van der Waals surface area contributed by atoms with Gasteiger partial charge >= 0.3 is 0 Å². The molecule has 180 valence electrons. The number of hydrogen-bond acceptors (Lipinski definition) is 6. The van der Waals surface area contributed by atoms with Crippen molar-refractivity contribution < 1.29 is 9.59 Å². The Morgan fingerprint density at radius 2 is 1.31 bits per heavy atom. The largest absolute Gasteiger partial charge is 0.356 e. The maximum atomic E-state index is 13.1. The lowest BCUT2D eigenvalue weighted by Gasteiger charge is -2.19. The third-order valence-corrected chi connectivity index (χ3v) is 6.51. The lowest BCUT2D eigenvalue weighted by Crippen LogP contribution is -2.28. The Labute approximate surface area is 205 Å². The molecule has 4 heterocycles. The van der Waals surface area contributed by atoms with Crippen molar-refractivity contribution in [1.82, 2.24) is 15.3 Å². The first-order valence-electron chi connectivity index (χ1n) is 12.3. The molecule has 0 bridgehead atoms. The standard InChI is InChI=1S/C27H30N6O2/c34-26(22-10-6-12-28-24(22)32-14-1-2-15-32)30-19-20-8-5-9-21(18-20)31-27(35)23-11-7-13-29-25(23)33-16-3-4-17-33/h5-13,18H,1-4,14-17,19H2,(H,30,34)(H,31,35). The molecule has 2 aliphatic heterocycles. The highest BCUT2D eigenvalue weighted by Crippen LogP contribution is 2.24. The van der Waals surface area contributed by atoms with E-state index in [1.165, 1.54) is 0 Å². The highest BCUT2D eigenvalue weighted by Gasteiger charge is 2.22. The molecule has 1 aromatic carbocycles. The average Bonchev–Trinajstić information content (AvgIpc) is 3.63. The van der Waals surface area contributed by atoms with Crippen LogP contribution in [0, 0.1) is 0 Å². The van der Waals surface area contributed by atoms with Gasteiger partial charge in [0.25, 0.3) is 11.8 Å². The van der Waals surface area contributed by atoms with Crippen molar-refractivity contribution in [1.29, 1.82) is 0 Å². The van der Waals surface area contributed by atoms with E-state index in [-0.39, 0.29) is 11.8 Å². The summed E-state index contributed by atoms with van der Waals surface area (Å²) in [4.78, 5) is 39.3. The Kier molecular flexibility index (Phi) is 6.88. The van der Waals surface area contributed by atoms with Crippen LogP contribution in [0.4, 0.5) is 17.3 Å². The number of nitrogens with one attached hydrogen (secondary N) is 2. The Bertz CT molecular complexity index is 1200. The zero-order valence-electron chi connectivity index (χ0n) is 19.7. The minimum Gasteiger partial charge on any atom is -0.356 e.